The van der Waals surface area contributed by atoms with Crippen LogP contribution >= 0.6 is 0 Å². The fourth-order valence-electron chi connectivity index (χ4n) is 0.194. The summed E-state index contributed by atoms with van der Waals surface area (Å²) in [4.78, 5) is 33.4. The van der Waals surface area contributed by atoms with E-state index in [4.69, 9.17) is 19.2 Å². The van der Waals surface area contributed by atoms with Crippen LogP contribution in [0.15, 0.2) is 0 Å². The Kier molecular flexibility index (Phi) is 5.55. The molecule has 0 aliphatic rings. The van der Waals surface area contributed by atoms with Gasteiger partial charge in [-0.1, -0.05) is 0 Å². The summed E-state index contributed by atoms with van der Waals surface area (Å²) in [5.41, 5.74) is 0. The quantitative estimate of drug-likeness (QED) is 0.356. The van der Waals surface area contributed by atoms with Crippen molar-refractivity contribution in [2.24, 2.45) is 0 Å². The standard InChI is InChI=1S/H4O7Si4/c1-10(6-9-5-8)7-11(2,3)4/h1-4H. The molecule has 0 rings (SSSR count). The normalized spacial score (nSPS) is 12.5. The van der Waals surface area contributed by atoms with E-state index >= 15 is 0 Å². The van der Waals surface area contributed by atoms with Crippen LogP contribution in [0, 0.1) is 0 Å². The molecular formula is H4O7Si4. The zero-order chi connectivity index (χ0) is 8.91. The molecule has 0 aromatic rings. The lowest BCUT2D eigenvalue weighted by Crippen LogP contribution is -2.46. The Hall–Kier alpha value is 0.588. The monoisotopic (exact) mass is 228 g/mol. The van der Waals surface area contributed by atoms with Gasteiger partial charge in [0.15, 0.2) is 0 Å². The van der Waals surface area contributed by atoms with Gasteiger partial charge in [0, 0.05) is 0 Å². The van der Waals surface area contributed by atoms with Gasteiger partial charge >= 0.3 is 28.6 Å². The maximum atomic E-state index is 8.63. The van der Waals surface area contributed by atoms with Gasteiger partial charge in [0.25, 0.3) is 0 Å². The van der Waals surface area contributed by atoms with Crippen molar-refractivity contribution < 1.29 is 31.5 Å². The summed E-state index contributed by atoms with van der Waals surface area (Å²) in [5.74, 6) is 0. The summed E-state index contributed by atoms with van der Waals surface area (Å²) < 4.78 is 12.4. The molecule has 0 spiro atoms. The van der Waals surface area contributed by atoms with Crippen molar-refractivity contribution in [3.8, 4) is 0 Å². The first kappa shape index (κ1) is 11.6. The maximum absolute atomic E-state index is 8.63. The van der Waals surface area contributed by atoms with E-state index < -0.39 is 28.6 Å². The van der Waals surface area contributed by atoms with E-state index in [1.54, 1.807) is 0 Å². The SMILES string of the molecule is O[Si](O[Si]O[Si])O[Si](O)(O)O. The molecule has 4 N–H and O–H groups in total. The summed E-state index contributed by atoms with van der Waals surface area (Å²) in [6, 6.07) is 0. The fraction of sp³-hybridized carbons (Fsp3) is 0. The minimum atomic E-state index is -4.67. The van der Waals surface area contributed by atoms with Crippen LogP contribution in [0.2, 0.25) is 0 Å². The Balaban J connectivity index is 3.44. The third kappa shape index (κ3) is 8.49. The second-order valence-electron chi connectivity index (χ2n) is 1.23. The zero-order valence-electron chi connectivity index (χ0n) is 5.01. The molecule has 0 heterocycles. The summed E-state index contributed by atoms with van der Waals surface area (Å²) in [7, 11) is -5.49. The van der Waals surface area contributed by atoms with Gasteiger partial charge in [-0.05, 0) is 0 Å². The molecule has 7 nitrogen and oxygen atoms in total. The molecular weight excluding hydrogens is 224 g/mol. The summed E-state index contributed by atoms with van der Waals surface area (Å²) in [5, 5.41) is 0. The molecule has 6 radical (unpaired) electrons. The summed E-state index contributed by atoms with van der Waals surface area (Å²) in [6.07, 6.45) is 0. The molecule has 0 atom stereocenters. The van der Waals surface area contributed by atoms with Gasteiger partial charge in [0.1, 0.15) is 0 Å². The molecule has 0 aromatic heterocycles. The van der Waals surface area contributed by atoms with Crippen molar-refractivity contribution >= 4 is 39.1 Å². The Morgan fingerprint density at radius 3 is 2.27 bits per heavy atom. The lowest BCUT2D eigenvalue weighted by Gasteiger charge is -2.11. The molecule has 0 bridgehead atoms. The van der Waals surface area contributed by atoms with E-state index in [-0.39, 0.29) is 0 Å². The highest BCUT2D eigenvalue weighted by Gasteiger charge is 2.37. The lowest BCUT2D eigenvalue weighted by atomic mass is 15.6. The second kappa shape index (κ2) is 5.27. The van der Waals surface area contributed by atoms with Crippen molar-refractivity contribution in [3.05, 3.63) is 0 Å². The first-order chi connectivity index (χ1) is 4.95. The first-order valence-corrected chi connectivity index (χ1v) is 6.36. The highest BCUT2D eigenvalue weighted by molar-refractivity contribution is 6.60. The van der Waals surface area contributed by atoms with Crippen molar-refractivity contribution in [2.75, 3.05) is 0 Å². The van der Waals surface area contributed by atoms with Crippen LogP contribution in [-0.4, -0.2) is 58.3 Å². The van der Waals surface area contributed by atoms with Gasteiger partial charge in [-0.25, -0.2) is 0 Å². The summed E-state index contributed by atoms with van der Waals surface area (Å²) >= 11 is 0. The Labute approximate surface area is 71.2 Å². The average molecular weight is 228 g/mol. The fourth-order valence-corrected chi connectivity index (χ4v) is 2.50. The molecule has 0 aliphatic carbocycles. The van der Waals surface area contributed by atoms with Gasteiger partial charge in [-0.15, -0.1) is 0 Å². The third-order valence-corrected chi connectivity index (χ3v) is 3.55. The Morgan fingerprint density at radius 1 is 1.36 bits per heavy atom. The van der Waals surface area contributed by atoms with Gasteiger partial charge in [0.05, 0.1) is 0 Å². The molecule has 0 unspecified atom stereocenters. The highest BCUT2D eigenvalue weighted by Crippen LogP contribution is 1.92. The van der Waals surface area contributed by atoms with E-state index in [0.29, 0.717) is 0 Å². The van der Waals surface area contributed by atoms with Gasteiger partial charge in [-0.2, -0.15) is 0 Å². The minimum Gasteiger partial charge on any atom is -0.435 e. The van der Waals surface area contributed by atoms with Gasteiger partial charge < -0.3 is 31.5 Å². The second-order valence-corrected chi connectivity index (χ2v) is 5.52. The molecule has 0 fully saturated rings. The van der Waals surface area contributed by atoms with Crippen LogP contribution in [0.5, 0.6) is 0 Å². The topological polar surface area (TPSA) is 109 Å². The Bertz CT molecular complexity index is 97.1. The number of hydrogen-bond donors (Lipinski definition) is 4. The van der Waals surface area contributed by atoms with Crippen molar-refractivity contribution in [2.45, 2.75) is 0 Å². The Morgan fingerprint density at radius 2 is 1.91 bits per heavy atom. The van der Waals surface area contributed by atoms with Crippen LogP contribution in [0.25, 0.3) is 0 Å². The first-order valence-electron chi connectivity index (χ1n) is 2.12. The van der Waals surface area contributed by atoms with E-state index in [9.17, 15) is 0 Å². The van der Waals surface area contributed by atoms with Crippen LogP contribution in [0.4, 0.5) is 0 Å². The van der Waals surface area contributed by atoms with Crippen LogP contribution in [0.3, 0.4) is 0 Å². The predicted octanol–water partition coefficient (Wildman–Crippen LogP) is -3.96. The number of rotatable bonds is 5. The number of hydrogen-bond acceptors (Lipinski definition) is 7. The molecule has 0 saturated carbocycles. The molecule has 11 heavy (non-hydrogen) atoms. The largest absolute Gasteiger partial charge is 0.663 e. The molecule has 0 aromatic carbocycles. The van der Waals surface area contributed by atoms with Gasteiger partial charge in [-0.3, -0.25) is 0 Å². The van der Waals surface area contributed by atoms with E-state index in [2.05, 4.69) is 22.8 Å². The molecule has 0 saturated heterocycles. The molecule has 0 aliphatic heterocycles. The maximum Gasteiger partial charge on any atom is 0.663 e. The average Bonchev–Trinajstić information content (AvgIpc) is 1.79. The van der Waals surface area contributed by atoms with Gasteiger partial charge in [0.2, 0.25) is 10.5 Å². The predicted molar refractivity (Wildman–Crippen MR) is 35.1 cm³/mol. The minimum absolute atomic E-state index is 0.546. The highest BCUT2D eigenvalue weighted by atomic mass is 28.5. The van der Waals surface area contributed by atoms with Crippen molar-refractivity contribution in [3.63, 3.8) is 0 Å². The summed E-state index contributed by atoms with van der Waals surface area (Å²) in [6.45, 7) is 0. The van der Waals surface area contributed by atoms with Crippen LogP contribution < -0.4 is 0 Å². The van der Waals surface area contributed by atoms with E-state index in [0.717, 1.165) is 0 Å². The lowest BCUT2D eigenvalue weighted by molar-refractivity contribution is 0.0998. The van der Waals surface area contributed by atoms with E-state index in [1.165, 1.54) is 0 Å². The van der Waals surface area contributed by atoms with E-state index in [1.807, 2.05) is 0 Å². The van der Waals surface area contributed by atoms with Crippen molar-refractivity contribution in [1.29, 1.82) is 0 Å². The third-order valence-electron chi connectivity index (χ3n) is 0.395. The molecule has 0 amide bonds. The smallest absolute Gasteiger partial charge is 0.435 e. The van der Waals surface area contributed by atoms with Crippen molar-refractivity contribution in [1.82, 2.24) is 0 Å². The zero-order valence-corrected chi connectivity index (χ0v) is 9.01. The molecule has 62 valence electrons. The van der Waals surface area contributed by atoms with Crippen LogP contribution in [-0.2, 0) is 12.3 Å². The molecule has 11 heteroatoms. The van der Waals surface area contributed by atoms with Crippen LogP contribution in [0.1, 0.15) is 0 Å².